The number of rotatable bonds is 3. The van der Waals surface area contributed by atoms with Crippen LogP contribution >= 0.6 is 15.9 Å². The van der Waals surface area contributed by atoms with Crippen LogP contribution in [0.25, 0.3) is 0 Å². The van der Waals surface area contributed by atoms with E-state index < -0.39 is 40.7 Å². The number of methoxy groups -OCH3 is 1. The van der Waals surface area contributed by atoms with Gasteiger partial charge in [0, 0.05) is 4.47 Å². The number of hydrogen-bond acceptors (Lipinski definition) is 3. The first-order valence-electron chi connectivity index (χ1n) is 4.78. The van der Waals surface area contributed by atoms with E-state index in [9.17, 15) is 26.7 Å². The zero-order valence-electron chi connectivity index (χ0n) is 9.39. The van der Waals surface area contributed by atoms with Crippen molar-refractivity contribution < 1.29 is 31.5 Å². The van der Waals surface area contributed by atoms with Crippen molar-refractivity contribution in [2.45, 2.75) is 19.0 Å². The minimum Gasteiger partial charge on any atom is -0.469 e. The van der Waals surface area contributed by atoms with Gasteiger partial charge in [0.05, 0.1) is 24.8 Å². The Labute approximate surface area is 112 Å². The van der Waals surface area contributed by atoms with E-state index in [1.165, 1.54) is 0 Å². The Hall–Kier alpha value is -1.25. The number of esters is 1. The van der Waals surface area contributed by atoms with Crippen LogP contribution in [0.4, 0.5) is 22.0 Å². The molecule has 0 bridgehead atoms. The van der Waals surface area contributed by atoms with Gasteiger partial charge < -0.3 is 4.74 Å². The fourth-order valence-electron chi connectivity index (χ4n) is 1.31. The normalized spacial score (nSPS) is 11.8. The van der Waals surface area contributed by atoms with Crippen molar-refractivity contribution in [2.24, 2.45) is 0 Å². The van der Waals surface area contributed by atoms with Crippen LogP contribution in [-0.2, 0) is 22.1 Å². The van der Waals surface area contributed by atoms with E-state index in [0.29, 0.717) is 0 Å². The maximum Gasteiger partial charge on any atom is 0.433 e. The summed E-state index contributed by atoms with van der Waals surface area (Å²) in [6.07, 6.45) is -8.92. The summed E-state index contributed by atoms with van der Waals surface area (Å²) in [4.78, 5) is 14.0. The number of alkyl halides is 5. The molecule has 0 aromatic carbocycles. The van der Waals surface area contributed by atoms with Gasteiger partial charge in [-0.3, -0.25) is 4.79 Å². The van der Waals surface area contributed by atoms with Crippen LogP contribution in [0.3, 0.4) is 0 Å². The first-order chi connectivity index (χ1) is 8.66. The van der Waals surface area contributed by atoms with Gasteiger partial charge in [-0.15, -0.1) is 0 Å². The molecule has 19 heavy (non-hydrogen) atoms. The molecule has 0 fully saturated rings. The molecule has 0 unspecified atom stereocenters. The summed E-state index contributed by atoms with van der Waals surface area (Å²) >= 11 is 2.63. The van der Waals surface area contributed by atoms with Gasteiger partial charge in [-0.1, -0.05) is 15.9 Å². The summed E-state index contributed by atoms with van der Waals surface area (Å²) in [7, 11) is 1.05. The number of carbonyl (C=O) groups excluding carboxylic acids is 1. The average molecular weight is 348 g/mol. The molecule has 1 aromatic heterocycles. The third kappa shape index (κ3) is 3.85. The first kappa shape index (κ1) is 15.8. The van der Waals surface area contributed by atoms with E-state index in [2.05, 4.69) is 25.7 Å². The molecule has 0 N–H and O–H groups in total. The van der Waals surface area contributed by atoms with Crippen LogP contribution in [0.2, 0.25) is 0 Å². The second kappa shape index (κ2) is 5.81. The molecule has 0 aliphatic rings. The molecule has 0 atom stereocenters. The Kier molecular flexibility index (Phi) is 4.83. The molecular weight excluding hydrogens is 341 g/mol. The standard InChI is InChI=1S/C10H7BrF5NO2/c1-19-6(18)3-4-2-5(11)7(9(12)13)8(17-4)10(14,15)16/h2,9H,3H2,1H3. The maximum absolute atomic E-state index is 12.7. The molecule has 0 spiro atoms. The van der Waals surface area contributed by atoms with Crippen molar-refractivity contribution in [1.82, 2.24) is 4.98 Å². The van der Waals surface area contributed by atoms with Crippen LogP contribution in [0.15, 0.2) is 10.5 Å². The lowest BCUT2D eigenvalue weighted by Gasteiger charge is -2.14. The highest BCUT2D eigenvalue weighted by molar-refractivity contribution is 9.10. The number of ether oxygens (including phenoxy) is 1. The van der Waals surface area contributed by atoms with Gasteiger partial charge in [0.2, 0.25) is 0 Å². The molecule has 9 heteroatoms. The van der Waals surface area contributed by atoms with Gasteiger partial charge >= 0.3 is 12.1 Å². The molecule has 0 aliphatic carbocycles. The molecule has 1 heterocycles. The summed E-state index contributed by atoms with van der Waals surface area (Å²) < 4.78 is 67.0. The number of carbonyl (C=O) groups is 1. The maximum atomic E-state index is 12.7. The van der Waals surface area contributed by atoms with Crippen molar-refractivity contribution in [3.63, 3.8) is 0 Å². The Bertz CT molecular complexity index is 490. The first-order valence-corrected chi connectivity index (χ1v) is 5.57. The lowest BCUT2D eigenvalue weighted by molar-refractivity contribution is -0.144. The van der Waals surface area contributed by atoms with Gasteiger partial charge in [-0.2, -0.15) is 13.2 Å². The number of halogens is 6. The van der Waals surface area contributed by atoms with E-state index >= 15 is 0 Å². The summed E-state index contributed by atoms with van der Waals surface area (Å²) in [5, 5.41) is 0. The second-order valence-corrected chi connectivity index (χ2v) is 4.26. The molecule has 0 amide bonds. The van der Waals surface area contributed by atoms with Crippen LogP contribution in [0.1, 0.15) is 23.4 Å². The lowest BCUT2D eigenvalue weighted by atomic mass is 10.1. The lowest BCUT2D eigenvalue weighted by Crippen LogP contribution is -2.16. The van der Waals surface area contributed by atoms with E-state index in [4.69, 9.17) is 0 Å². The topological polar surface area (TPSA) is 39.2 Å². The Morgan fingerprint density at radius 3 is 2.47 bits per heavy atom. The van der Waals surface area contributed by atoms with Gasteiger partial charge in [-0.25, -0.2) is 13.8 Å². The van der Waals surface area contributed by atoms with E-state index in [1.54, 1.807) is 0 Å². The van der Waals surface area contributed by atoms with E-state index in [0.717, 1.165) is 13.2 Å². The average Bonchev–Trinajstić information content (AvgIpc) is 2.26. The summed E-state index contributed by atoms with van der Waals surface area (Å²) in [6.45, 7) is 0. The molecule has 1 rings (SSSR count). The van der Waals surface area contributed by atoms with Crippen LogP contribution in [0.5, 0.6) is 0 Å². The molecule has 3 nitrogen and oxygen atoms in total. The van der Waals surface area contributed by atoms with Gasteiger partial charge in [0.15, 0.2) is 5.69 Å². The smallest absolute Gasteiger partial charge is 0.433 e. The third-order valence-electron chi connectivity index (χ3n) is 2.10. The minimum atomic E-state index is -5.04. The van der Waals surface area contributed by atoms with Crippen LogP contribution in [-0.4, -0.2) is 18.1 Å². The highest BCUT2D eigenvalue weighted by Crippen LogP contribution is 2.39. The molecule has 106 valence electrons. The van der Waals surface area contributed by atoms with Crippen LogP contribution < -0.4 is 0 Å². The zero-order valence-corrected chi connectivity index (χ0v) is 11.0. The minimum absolute atomic E-state index is 0.310. The van der Waals surface area contributed by atoms with Crippen molar-refractivity contribution in [3.05, 3.63) is 27.5 Å². The fraction of sp³-hybridized carbons (Fsp3) is 0.400. The summed E-state index contributed by atoms with van der Waals surface area (Å²) in [5.74, 6) is -0.822. The summed E-state index contributed by atoms with van der Waals surface area (Å²) in [5.41, 5.74) is -3.27. The third-order valence-corrected chi connectivity index (χ3v) is 2.76. The predicted molar refractivity (Wildman–Crippen MR) is 57.6 cm³/mol. The fourth-order valence-corrected chi connectivity index (χ4v) is 1.93. The Balaban J connectivity index is 3.35. The van der Waals surface area contributed by atoms with E-state index in [1.807, 2.05) is 0 Å². The largest absolute Gasteiger partial charge is 0.469 e. The molecular formula is C10H7BrF5NO2. The molecule has 1 aromatic rings. The molecule has 0 saturated heterocycles. The predicted octanol–water partition coefficient (Wildman–Crippen LogP) is 3.52. The Morgan fingerprint density at radius 1 is 1.47 bits per heavy atom. The number of nitrogens with zero attached hydrogens (tertiary/aromatic N) is 1. The van der Waals surface area contributed by atoms with Crippen molar-refractivity contribution in [2.75, 3.05) is 7.11 Å². The van der Waals surface area contributed by atoms with Crippen LogP contribution in [0, 0.1) is 0 Å². The zero-order chi connectivity index (χ0) is 14.8. The molecule has 0 aliphatic heterocycles. The van der Waals surface area contributed by atoms with E-state index in [-0.39, 0.29) is 5.69 Å². The molecule has 0 radical (unpaired) electrons. The quantitative estimate of drug-likeness (QED) is 0.620. The highest BCUT2D eigenvalue weighted by atomic mass is 79.9. The number of aromatic nitrogens is 1. The number of pyridine rings is 1. The SMILES string of the molecule is COC(=O)Cc1cc(Br)c(C(F)F)c(C(F)(F)F)n1. The van der Waals surface area contributed by atoms with Gasteiger partial charge in [0.1, 0.15) is 0 Å². The van der Waals surface area contributed by atoms with Gasteiger partial charge in [-0.05, 0) is 6.07 Å². The number of hydrogen-bond donors (Lipinski definition) is 0. The highest BCUT2D eigenvalue weighted by Gasteiger charge is 2.39. The molecule has 0 saturated carbocycles. The second-order valence-electron chi connectivity index (χ2n) is 3.41. The monoisotopic (exact) mass is 347 g/mol. The summed E-state index contributed by atoms with van der Waals surface area (Å²) in [6, 6.07) is 0.938. The Morgan fingerprint density at radius 2 is 2.05 bits per heavy atom. The van der Waals surface area contributed by atoms with Crippen molar-refractivity contribution >= 4 is 21.9 Å². The van der Waals surface area contributed by atoms with Crippen molar-refractivity contribution in [3.8, 4) is 0 Å². The van der Waals surface area contributed by atoms with Crippen molar-refractivity contribution in [1.29, 1.82) is 0 Å². The van der Waals surface area contributed by atoms with Gasteiger partial charge in [0.25, 0.3) is 6.43 Å².